The number of nitrogens with two attached hydrogens (primary N) is 1. The molecular weight excluding hydrogens is 252 g/mol. The quantitative estimate of drug-likeness (QED) is 0.514. The second-order valence-electron chi connectivity index (χ2n) is 4.49. The van der Waals surface area contributed by atoms with Crippen LogP contribution in [-0.4, -0.2) is 52.2 Å². The van der Waals surface area contributed by atoms with Gasteiger partial charge < -0.3 is 25.9 Å². The van der Waals surface area contributed by atoms with Gasteiger partial charge in [-0.1, -0.05) is 0 Å². The summed E-state index contributed by atoms with van der Waals surface area (Å²) in [6, 6.07) is -1.40. The fraction of sp³-hybridized carbons (Fsp3) is 0.545. The maximum absolute atomic E-state index is 11.9. The number of hydrogen-bond donors (Lipinski definition) is 4. The van der Waals surface area contributed by atoms with Crippen molar-refractivity contribution in [2.24, 2.45) is 11.7 Å². The van der Waals surface area contributed by atoms with Crippen LogP contribution in [0.25, 0.3) is 0 Å². The average molecular weight is 268 g/mol. The fourth-order valence-corrected chi connectivity index (χ4v) is 1.94. The van der Waals surface area contributed by atoms with Gasteiger partial charge in [-0.3, -0.25) is 4.79 Å². The standard InChI is InChI=1S/C11H16N4O4/c12-8-4-19-3-7(8)10(16)15-9(11(17)18)1-6-2-13-5-14-6/h2,5,7-9H,1,3-4,12H2,(H,13,14)(H,15,16)(H,17,18)/t7?,8?,9-/m0/s1. The van der Waals surface area contributed by atoms with Crippen molar-refractivity contribution in [3.8, 4) is 0 Å². The molecule has 8 nitrogen and oxygen atoms in total. The third kappa shape index (κ3) is 3.30. The third-order valence-electron chi connectivity index (χ3n) is 3.05. The van der Waals surface area contributed by atoms with Gasteiger partial charge in [-0.15, -0.1) is 0 Å². The Hall–Kier alpha value is -1.93. The summed E-state index contributed by atoms with van der Waals surface area (Å²) in [7, 11) is 0. The summed E-state index contributed by atoms with van der Waals surface area (Å²) in [4.78, 5) is 29.7. The maximum atomic E-state index is 11.9. The predicted octanol–water partition coefficient (Wildman–Crippen LogP) is -1.50. The Balaban J connectivity index is 1.96. The summed E-state index contributed by atoms with van der Waals surface area (Å²) in [5.41, 5.74) is 6.36. The number of carboxylic acid groups (broad SMARTS) is 1. The number of hydrogen-bond acceptors (Lipinski definition) is 5. The van der Waals surface area contributed by atoms with E-state index in [9.17, 15) is 9.59 Å². The first-order valence-electron chi connectivity index (χ1n) is 5.91. The van der Waals surface area contributed by atoms with Gasteiger partial charge in [0.2, 0.25) is 5.91 Å². The first-order chi connectivity index (χ1) is 9.08. The molecule has 8 heteroatoms. The number of imidazole rings is 1. The minimum atomic E-state index is -1.10. The van der Waals surface area contributed by atoms with Gasteiger partial charge >= 0.3 is 5.97 Å². The highest BCUT2D eigenvalue weighted by Gasteiger charge is 2.33. The van der Waals surface area contributed by atoms with E-state index in [0.717, 1.165) is 0 Å². The minimum absolute atomic E-state index is 0.143. The molecule has 1 saturated heterocycles. The van der Waals surface area contributed by atoms with Crippen molar-refractivity contribution in [1.82, 2.24) is 15.3 Å². The van der Waals surface area contributed by atoms with Crippen LogP contribution in [0.3, 0.4) is 0 Å². The van der Waals surface area contributed by atoms with Gasteiger partial charge in [0.05, 0.1) is 25.5 Å². The molecule has 1 aromatic rings. The summed E-state index contributed by atoms with van der Waals surface area (Å²) < 4.78 is 5.09. The monoisotopic (exact) mass is 268 g/mol. The van der Waals surface area contributed by atoms with Crippen molar-refractivity contribution in [3.63, 3.8) is 0 Å². The number of aliphatic carboxylic acids is 1. The van der Waals surface area contributed by atoms with E-state index < -0.39 is 23.8 Å². The highest BCUT2D eigenvalue weighted by molar-refractivity contribution is 5.85. The molecule has 0 aliphatic carbocycles. The van der Waals surface area contributed by atoms with Crippen LogP contribution in [-0.2, 0) is 20.7 Å². The molecule has 19 heavy (non-hydrogen) atoms. The van der Waals surface area contributed by atoms with Crippen LogP contribution in [0.4, 0.5) is 0 Å². The zero-order valence-electron chi connectivity index (χ0n) is 10.2. The van der Waals surface area contributed by atoms with E-state index in [1.807, 2.05) is 0 Å². The molecule has 0 radical (unpaired) electrons. The Labute approximate surface area is 109 Å². The van der Waals surface area contributed by atoms with E-state index in [0.29, 0.717) is 12.3 Å². The van der Waals surface area contributed by atoms with Crippen LogP contribution in [0.15, 0.2) is 12.5 Å². The smallest absolute Gasteiger partial charge is 0.326 e. The number of aromatic amines is 1. The van der Waals surface area contributed by atoms with E-state index in [2.05, 4.69) is 15.3 Å². The molecule has 2 unspecified atom stereocenters. The molecule has 2 rings (SSSR count). The summed E-state index contributed by atoms with van der Waals surface area (Å²) >= 11 is 0. The second-order valence-corrected chi connectivity index (χ2v) is 4.49. The topological polar surface area (TPSA) is 130 Å². The molecule has 104 valence electrons. The third-order valence-corrected chi connectivity index (χ3v) is 3.05. The summed E-state index contributed by atoms with van der Waals surface area (Å²) in [6.45, 7) is 0.541. The van der Waals surface area contributed by atoms with Crippen molar-refractivity contribution in [3.05, 3.63) is 18.2 Å². The lowest BCUT2D eigenvalue weighted by molar-refractivity contribution is -0.142. The number of aromatic nitrogens is 2. The predicted molar refractivity (Wildman–Crippen MR) is 64.1 cm³/mol. The van der Waals surface area contributed by atoms with Gasteiger partial charge in [0, 0.05) is 24.4 Å². The Morgan fingerprint density at radius 3 is 2.95 bits per heavy atom. The molecule has 1 aromatic heterocycles. The van der Waals surface area contributed by atoms with E-state index in [1.165, 1.54) is 12.5 Å². The molecular formula is C11H16N4O4. The van der Waals surface area contributed by atoms with Gasteiger partial charge in [-0.05, 0) is 0 Å². The van der Waals surface area contributed by atoms with E-state index in [4.69, 9.17) is 15.6 Å². The maximum Gasteiger partial charge on any atom is 0.326 e. The zero-order valence-corrected chi connectivity index (χ0v) is 10.2. The van der Waals surface area contributed by atoms with E-state index in [-0.39, 0.29) is 19.1 Å². The number of ether oxygens (including phenoxy) is 1. The highest BCUT2D eigenvalue weighted by atomic mass is 16.5. The molecule has 0 saturated carbocycles. The van der Waals surface area contributed by atoms with Gasteiger partial charge in [-0.2, -0.15) is 0 Å². The average Bonchev–Trinajstić information content (AvgIpc) is 2.99. The molecule has 3 atom stereocenters. The number of carboxylic acids is 1. The van der Waals surface area contributed by atoms with Gasteiger partial charge in [0.25, 0.3) is 0 Å². The van der Waals surface area contributed by atoms with Gasteiger partial charge in [0.15, 0.2) is 0 Å². The Kier molecular flexibility index (Phi) is 4.13. The van der Waals surface area contributed by atoms with E-state index in [1.54, 1.807) is 0 Å². The first kappa shape index (κ1) is 13.5. The molecule has 1 fully saturated rings. The van der Waals surface area contributed by atoms with Crippen molar-refractivity contribution in [1.29, 1.82) is 0 Å². The SMILES string of the molecule is NC1COCC1C(=O)N[C@@H](Cc1cnc[nH]1)C(=O)O. The van der Waals surface area contributed by atoms with Crippen molar-refractivity contribution >= 4 is 11.9 Å². The van der Waals surface area contributed by atoms with Crippen LogP contribution in [0.2, 0.25) is 0 Å². The summed E-state index contributed by atoms with van der Waals surface area (Å²) in [5.74, 6) is -1.99. The van der Waals surface area contributed by atoms with Crippen LogP contribution >= 0.6 is 0 Å². The molecule has 0 bridgehead atoms. The number of nitrogens with one attached hydrogen (secondary N) is 2. The van der Waals surface area contributed by atoms with Crippen molar-refractivity contribution < 1.29 is 19.4 Å². The number of H-pyrrole nitrogens is 1. The van der Waals surface area contributed by atoms with Crippen LogP contribution < -0.4 is 11.1 Å². The lowest BCUT2D eigenvalue weighted by atomic mass is 10.0. The van der Waals surface area contributed by atoms with Crippen LogP contribution in [0.1, 0.15) is 5.69 Å². The summed E-state index contributed by atoms with van der Waals surface area (Å²) in [6.07, 6.45) is 3.12. The number of carbonyl (C=O) groups is 2. The Morgan fingerprint density at radius 2 is 2.42 bits per heavy atom. The van der Waals surface area contributed by atoms with Crippen molar-refractivity contribution in [2.45, 2.75) is 18.5 Å². The highest BCUT2D eigenvalue weighted by Crippen LogP contribution is 2.12. The van der Waals surface area contributed by atoms with E-state index >= 15 is 0 Å². The molecule has 0 spiro atoms. The molecule has 1 amide bonds. The van der Waals surface area contributed by atoms with Crippen LogP contribution in [0.5, 0.6) is 0 Å². The van der Waals surface area contributed by atoms with Crippen LogP contribution in [0, 0.1) is 5.92 Å². The minimum Gasteiger partial charge on any atom is -0.480 e. The fourth-order valence-electron chi connectivity index (χ4n) is 1.94. The summed E-state index contributed by atoms with van der Waals surface area (Å²) in [5, 5.41) is 11.6. The number of carbonyl (C=O) groups excluding carboxylic acids is 1. The lowest BCUT2D eigenvalue weighted by Crippen LogP contribution is -2.48. The zero-order chi connectivity index (χ0) is 13.8. The molecule has 1 aliphatic rings. The lowest BCUT2D eigenvalue weighted by Gasteiger charge is -2.18. The molecule has 0 aromatic carbocycles. The Morgan fingerprint density at radius 1 is 1.63 bits per heavy atom. The van der Waals surface area contributed by atoms with Crippen molar-refractivity contribution in [2.75, 3.05) is 13.2 Å². The first-order valence-corrected chi connectivity index (χ1v) is 5.91. The molecule has 5 N–H and O–H groups in total. The number of amides is 1. The number of nitrogens with zero attached hydrogens (tertiary/aromatic N) is 1. The normalized spacial score (nSPS) is 24.1. The Bertz CT molecular complexity index is 448. The largest absolute Gasteiger partial charge is 0.480 e. The van der Waals surface area contributed by atoms with Gasteiger partial charge in [-0.25, -0.2) is 9.78 Å². The molecule has 1 aliphatic heterocycles. The second kappa shape index (κ2) is 5.81. The number of rotatable bonds is 5. The van der Waals surface area contributed by atoms with Gasteiger partial charge in [0.1, 0.15) is 6.04 Å². The molecule has 2 heterocycles.